The van der Waals surface area contributed by atoms with Crippen LogP contribution >= 0.6 is 0 Å². The largest absolute Gasteiger partial charge is 0.347 e. The molecule has 3 aromatic heterocycles. The minimum Gasteiger partial charge on any atom is -0.347 e. The number of carbonyl (C=O) groups is 1. The first kappa shape index (κ1) is 19.5. The van der Waals surface area contributed by atoms with Crippen molar-refractivity contribution in [1.29, 1.82) is 0 Å². The fourth-order valence-electron chi connectivity index (χ4n) is 2.91. The maximum absolute atomic E-state index is 12.4. The molecule has 0 aliphatic heterocycles. The van der Waals surface area contributed by atoms with Gasteiger partial charge in [-0.3, -0.25) is 9.36 Å². The quantitative estimate of drug-likeness (QED) is 0.528. The molecule has 8 nitrogen and oxygen atoms in total. The average molecular weight is 402 g/mol. The lowest BCUT2D eigenvalue weighted by Crippen LogP contribution is -2.23. The number of pyridine rings is 1. The molecule has 152 valence electrons. The van der Waals surface area contributed by atoms with Crippen LogP contribution in [0.4, 0.5) is 0 Å². The van der Waals surface area contributed by atoms with Crippen LogP contribution in [-0.2, 0) is 6.54 Å². The molecule has 8 heteroatoms. The Hall–Kier alpha value is -3.81. The summed E-state index contributed by atoms with van der Waals surface area (Å²) in [5.41, 5.74) is 3.25. The van der Waals surface area contributed by atoms with Crippen LogP contribution in [0.2, 0.25) is 0 Å². The topological polar surface area (TPSA) is 98.7 Å². The van der Waals surface area contributed by atoms with E-state index in [0.717, 1.165) is 16.7 Å². The molecule has 1 N–H and O–H groups in total. The molecule has 0 bridgehead atoms. The van der Waals surface area contributed by atoms with Crippen molar-refractivity contribution in [3.8, 4) is 17.3 Å². The van der Waals surface area contributed by atoms with Gasteiger partial charge in [-0.15, -0.1) is 0 Å². The lowest BCUT2D eigenvalue weighted by molar-refractivity contribution is 0.0946. The molecule has 0 spiro atoms. The first-order valence-electron chi connectivity index (χ1n) is 9.68. The molecule has 0 saturated heterocycles. The highest BCUT2D eigenvalue weighted by Crippen LogP contribution is 2.20. The maximum atomic E-state index is 12.4. The summed E-state index contributed by atoms with van der Waals surface area (Å²) in [5, 5.41) is 6.85. The molecule has 0 saturated carbocycles. The molecule has 3 heterocycles. The highest BCUT2D eigenvalue weighted by Gasteiger charge is 2.13. The molecule has 0 aliphatic rings. The average Bonchev–Trinajstić information content (AvgIpc) is 3.42. The zero-order valence-electron chi connectivity index (χ0n) is 17.0. The van der Waals surface area contributed by atoms with Crippen molar-refractivity contribution in [3.63, 3.8) is 0 Å². The Bertz CT molecular complexity index is 1160. The number of benzene rings is 1. The van der Waals surface area contributed by atoms with Crippen LogP contribution < -0.4 is 5.32 Å². The van der Waals surface area contributed by atoms with E-state index in [1.165, 1.54) is 0 Å². The highest BCUT2D eigenvalue weighted by atomic mass is 16.5. The first-order chi connectivity index (χ1) is 14.5. The predicted octanol–water partition coefficient (Wildman–Crippen LogP) is 3.68. The van der Waals surface area contributed by atoms with Gasteiger partial charge in [0, 0.05) is 24.9 Å². The normalized spacial score (nSPS) is 11.1. The fraction of sp³-hybridized carbons (Fsp3) is 0.227. The Morgan fingerprint density at radius 2 is 2.07 bits per heavy atom. The van der Waals surface area contributed by atoms with Crippen molar-refractivity contribution in [1.82, 2.24) is 30.0 Å². The van der Waals surface area contributed by atoms with Crippen molar-refractivity contribution >= 4 is 5.91 Å². The van der Waals surface area contributed by atoms with E-state index in [-0.39, 0.29) is 11.8 Å². The fourth-order valence-corrected chi connectivity index (χ4v) is 2.91. The van der Waals surface area contributed by atoms with Gasteiger partial charge in [-0.1, -0.05) is 48.8 Å². The van der Waals surface area contributed by atoms with Crippen LogP contribution in [0.3, 0.4) is 0 Å². The van der Waals surface area contributed by atoms with Crippen molar-refractivity contribution in [2.75, 3.05) is 0 Å². The van der Waals surface area contributed by atoms with Crippen molar-refractivity contribution in [3.05, 3.63) is 77.8 Å². The van der Waals surface area contributed by atoms with Crippen LogP contribution in [0.5, 0.6) is 0 Å². The number of hydrogen-bond acceptors (Lipinski definition) is 6. The van der Waals surface area contributed by atoms with Gasteiger partial charge >= 0.3 is 0 Å². The number of aryl methyl sites for hydroxylation is 1. The van der Waals surface area contributed by atoms with Gasteiger partial charge in [-0.25, -0.2) is 9.97 Å². The van der Waals surface area contributed by atoms with Gasteiger partial charge in [0.25, 0.3) is 11.8 Å². The van der Waals surface area contributed by atoms with Gasteiger partial charge in [0.1, 0.15) is 17.8 Å². The van der Waals surface area contributed by atoms with Crippen LogP contribution in [0, 0.1) is 6.92 Å². The van der Waals surface area contributed by atoms with Gasteiger partial charge in [0.05, 0.1) is 5.56 Å². The summed E-state index contributed by atoms with van der Waals surface area (Å²) in [6.45, 7) is 6.48. The van der Waals surface area contributed by atoms with E-state index in [1.54, 1.807) is 23.3 Å². The summed E-state index contributed by atoms with van der Waals surface area (Å²) in [5.74, 6) is 1.67. The van der Waals surface area contributed by atoms with E-state index in [4.69, 9.17) is 4.52 Å². The standard InChI is InChI=1S/C22H22N6O2/c1-14(2)20-26-22(30-27-20)17-7-8-19(23-11-17)28-12-18(25-13-28)21(29)24-10-16-6-4-5-15(3)9-16/h4-9,11-14H,10H2,1-3H3,(H,24,29). The molecule has 0 fully saturated rings. The minimum absolute atomic E-state index is 0.191. The van der Waals surface area contributed by atoms with Crippen LogP contribution in [0.15, 0.2) is 59.6 Å². The van der Waals surface area contributed by atoms with Crippen LogP contribution in [0.25, 0.3) is 17.3 Å². The summed E-state index contributed by atoms with van der Waals surface area (Å²) in [6, 6.07) is 11.7. The number of rotatable bonds is 6. The number of imidazole rings is 1. The van der Waals surface area contributed by atoms with Gasteiger partial charge in [-0.05, 0) is 24.6 Å². The smallest absolute Gasteiger partial charge is 0.271 e. The molecular weight excluding hydrogens is 380 g/mol. The van der Waals surface area contributed by atoms with Crippen LogP contribution in [0.1, 0.15) is 47.2 Å². The molecule has 1 aromatic carbocycles. The highest BCUT2D eigenvalue weighted by molar-refractivity contribution is 5.92. The lowest BCUT2D eigenvalue weighted by Gasteiger charge is -2.04. The number of aromatic nitrogens is 5. The maximum Gasteiger partial charge on any atom is 0.271 e. The molecule has 4 aromatic rings. The second-order valence-electron chi connectivity index (χ2n) is 7.36. The first-order valence-corrected chi connectivity index (χ1v) is 9.68. The molecule has 30 heavy (non-hydrogen) atoms. The Morgan fingerprint density at radius 3 is 2.77 bits per heavy atom. The SMILES string of the molecule is Cc1cccc(CNC(=O)c2cn(-c3ccc(-c4nc(C(C)C)no4)cn3)cn2)c1. The predicted molar refractivity (Wildman–Crippen MR) is 111 cm³/mol. The number of nitrogens with zero attached hydrogens (tertiary/aromatic N) is 5. The Kier molecular flexibility index (Phi) is 5.38. The summed E-state index contributed by atoms with van der Waals surface area (Å²) in [7, 11) is 0. The molecule has 4 rings (SSSR count). The molecule has 0 radical (unpaired) electrons. The number of carbonyl (C=O) groups excluding carboxylic acids is 1. The second-order valence-corrected chi connectivity index (χ2v) is 7.36. The van der Waals surface area contributed by atoms with Gasteiger partial charge in [0.2, 0.25) is 0 Å². The number of nitrogens with one attached hydrogen (secondary N) is 1. The molecule has 0 unspecified atom stereocenters. The third-order valence-electron chi connectivity index (χ3n) is 4.57. The van der Waals surface area contributed by atoms with Crippen molar-refractivity contribution < 1.29 is 9.32 Å². The van der Waals surface area contributed by atoms with E-state index in [2.05, 4.69) is 25.4 Å². The van der Waals surface area contributed by atoms with E-state index >= 15 is 0 Å². The summed E-state index contributed by atoms with van der Waals surface area (Å²) >= 11 is 0. The monoisotopic (exact) mass is 402 g/mol. The molecule has 0 aliphatic carbocycles. The Morgan fingerprint density at radius 1 is 1.20 bits per heavy atom. The number of hydrogen-bond donors (Lipinski definition) is 1. The third-order valence-corrected chi connectivity index (χ3v) is 4.57. The van der Waals surface area contributed by atoms with Crippen molar-refractivity contribution in [2.24, 2.45) is 0 Å². The van der Waals surface area contributed by atoms with E-state index in [9.17, 15) is 4.79 Å². The Labute approximate surface area is 174 Å². The van der Waals surface area contributed by atoms with Crippen LogP contribution in [-0.4, -0.2) is 30.6 Å². The Balaban J connectivity index is 1.43. The van der Waals surface area contributed by atoms with Crippen molar-refractivity contribution in [2.45, 2.75) is 33.2 Å². The lowest BCUT2D eigenvalue weighted by atomic mass is 10.1. The number of amides is 1. The van der Waals surface area contributed by atoms with Gasteiger partial charge in [0.15, 0.2) is 5.82 Å². The molecule has 1 amide bonds. The van der Waals surface area contributed by atoms with E-state index in [0.29, 0.717) is 29.8 Å². The van der Waals surface area contributed by atoms with E-state index in [1.807, 2.05) is 57.2 Å². The van der Waals surface area contributed by atoms with Gasteiger partial charge in [-0.2, -0.15) is 4.98 Å². The zero-order chi connectivity index (χ0) is 21.1. The summed E-state index contributed by atoms with van der Waals surface area (Å²) in [6.07, 6.45) is 4.87. The van der Waals surface area contributed by atoms with Gasteiger partial charge < -0.3 is 9.84 Å². The third kappa shape index (κ3) is 4.27. The second kappa shape index (κ2) is 8.28. The minimum atomic E-state index is -0.237. The molecule has 0 atom stereocenters. The summed E-state index contributed by atoms with van der Waals surface area (Å²) < 4.78 is 6.98. The van der Waals surface area contributed by atoms with E-state index < -0.39 is 0 Å². The summed E-state index contributed by atoms with van der Waals surface area (Å²) in [4.78, 5) is 25.4. The molecular formula is C22H22N6O2. The zero-order valence-corrected chi connectivity index (χ0v) is 17.0.